The lowest BCUT2D eigenvalue weighted by atomic mass is 10.3. The summed E-state index contributed by atoms with van der Waals surface area (Å²) >= 11 is 0. The highest BCUT2D eigenvalue weighted by Crippen LogP contribution is 2.16. The van der Waals surface area contributed by atoms with E-state index in [1.165, 1.54) is 4.90 Å². The van der Waals surface area contributed by atoms with Gasteiger partial charge < -0.3 is 24.8 Å². The minimum atomic E-state index is -0.865. The van der Waals surface area contributed by atoms with E-state index in [1.807, 2.05) is 0 Å². The topological polar surface area (TPSA) is 88.1 Å². The number of carboxylic acid groups (broad SMARTS) is 1. The van der Waals surface area contributed by atoms with Gasteiger partial charge in [0.25, 0.3) is 0 Å². The van der Waals surface area contributed by atoms with Crippen LogP contribution in [0, 0.1) is 0 Å². The molecular weight excluding hydrogens is 288 g/mol. The van der Waals surface area contributed by atoms with Crippen LogP contribution in [-0.4, -0.2) is 55.9 Å². The molecule has 0 fully saturated rings. The molecule has 0 aliphatic carbocycles. The molecule has 0 spiro atoms. The predicted octanol–water partition coefficient (Wildman–Crippen LogP) is 1.58. The highest BCUT2D eigenvalue weighted by atomic mass is 16.5. The zero-order valence-corrected chi connectivity index (χ0v) is 12.9. The van der Waals surface area contributed by atoms with Crippen molar-refractivity contribution in [1.82, 2.24) is 10.2 Å². The maximum absolute atomic E-state index is 11.7. The van der Waals surface area contributed by atoms with Gasteiger partial charge in [0.05, 0.1) is 13.7 Å². The summed E-state index contributed by atoms with van der Waals surface area (Å²) in [6.07, 6.45) is 0.460. The van der Waals surface area contributed by atoms with E-state index in [1.54, 1.807) is 38.4 Å². The van der Waals surface area contributed by atoms with E-state index < -0.39 is 5.97 Å². The van der Waals surface area contributed by atoms with Gasteiger partial charge >= 0.3 is 12.0 Å². The van der Waals surface area contributed by atoms with Crippen LogP contribution in [0.2, 0.25) is 0 Å². The average Bonchev–Trinajstić information content (AvgIpc) is 2.51. The Morgan fingerprint density at radius 3 is 2.45 bits per heavy atom. The van der Waals surface area contributed by atoms with Gasteiger partial charge in [-0.1, -0.05) is 0 Å². The van der Waals surface area contributed by atoms with Gasteiger partial charge in [0.15, 0.2) is 0 Å². The lowest BCUT2D eigenvalue weighted by Crippen LogP contribution is -2.39. The molecule has 0 radical (unpaired) electrons. The maximum atomic E-state index is 11.7. The molecule has 1 rings (SSSR count). The van der Waals surface area contributed by atoms with Gasteiger partial charge in [-0.2, -0.15) is 0 Å². The molecule has 22 heavy (non-hydrogen) atoms. The van der Waals surface area contributed by atoms with Crippen LogP contribution in [0.4, 0.5) is 4.79 Å². The Hall–Kier alpha value is -2.44. The Morgan fingerprint density at radius 2 is 1.86 bits per heavy atom. The second-order valence-corrected chi connectivity index (χ2v) is 4.67. The molecule has 0 aliphatic heterocycles. The van der Waals surface area contributed by atoms with Crippen LogP contribution in [0.5, 0.6) is 11.5 Å². The summed E-state index contributed by atoms with van der Waals surface area (Å²) in [5.74, 6) is 0.594. The van der Waals surface area contributed by atoms with E-state index in [-0.39, 0.29) is 12.5 Å². The number of hydrogen-bond donors (Lipinski definition) is 2. The first-order valence-electron chi connectivity index (χ1n) is 7.00. The quantitative estimate of drug-likeness (QED) is 0.676. The van der Waals surface area contributed by atoms with Gasteiger partial charge in [0, 0.05) is 20.0 Å². The number of methoxy groups -OCH3 is 1. The minimum absolute atomic E-state index is 0.0462. The summed E-state index contributed by atoms with van der Waals surface area (Å²) in [5, 5.41) is 11.2. The molecule has 0 aliphatic rings. The van der Waals surface area contributed by atoms with Gasteiger partial charge in [-0.3, -0.25) is 4.79 Å². The van der Waals surface area contributed by atoms with Crippen molar-refractivity contribution in [3.63, 3.8) is 0 Å². The summed E-state index contributed by atoms with van der Waals surface area (Å²) in [7, 11) is 3.25. The highest BCUT2D eigenvalue weighted by molar-refractivity contribution is 5.73. The van der Waals surface area contributed by atoms with Crippen LogP contribution in [0.3, 0.4) is 0 Å². The third kappa shape index (κ3) is 6.83. The first-order valence-corrected chi connectivity index (χ1v) is 7.00. The molecule has 0 atom stereocenters. The summed E-state index contributed by atoms with van der Waals surface area (Å²) in [5.41, 5.74) is 0. The van der Waals surface area contributed by atoms with Crippen molar-refractivity contribution >= 4 is 12.0 Å². The molecule has 7 nitrogen and oxygen atoms in total. The van der Waals surface area contributed by atoms with E-state index >= 15 is 0 Å². The summed E-state index contributed by atoms with van der Waals surface area (Å²) in [6.45, 7) is 1.14. The second kappa shape index (κ2) is 9.49. The number of carbonyl (C=O) groups excluding carboxylic acids is 1. The number of aliphatic carboxylic acids is 1. The largest absolute Gasteiger partial charge is 0.497 e. The van der Waals surface area contributed by atoms with Crippen molar-refractivity contribution in [2.75, 3.05) is 33.9 Å². The van der Waals surface area contributed by atoms with Gasteiger partial charge in [-0.05, 0) is 30.7 Å². The fraction of sp³-hybridized carbons (Fsp3) is 0.467. The number of nitrogens with zero attached hydrogens (tertiary/aromatic N) is 1. The fourth-order valence-electron chi connectivity index (χ4n) is 1.64. The maximum Gasteiger partial charge on any atom is 0.317 e. The number of likely N-dealkylation sites (N-methyl/N-ethyl adjacent to an activating group) is 1. The molecule has 1 aromatic rings. The van der Waals surface area contributed by atoms with Crippen molar-refractivity contribution < 1.29 is 24.2 Å². The van der Waals surface area contributed by atoms with Crippen LogP contribution in [-0.2, 0) is 4.79 Å². The van der Waals surface area contributed by atoms with Crippen molar-refractivity contribution in [2.45, 2.75) is 12.8 Å². The van der Waals surface area contributed by atoms with Crippen molar-refractivity contribution in [1.29, 1.82) is 0 Å². The average molecular weight is 310 g/mol. The Labute approximate surface area is 129 Å². The molecule has 2 amide bonds. The third-order valence-electron chi connectivity index (χ3n) is 2.95. The molecule has 7 heteroatoms. The normalized spacial score (nSPS) is 9.91. The molecule has 122 valence electrons. The number of hydrogen-bond acceptors (Lipinski definition) is 4. The third-order valence-corrected chi connectivity index (χ3v) is 2.95. The van der Waals surface area contributed by atoms with Crippen LogP contribution in [0.25, 0.3) is 0 Å². The van der Waals surface area contributed by atoms with Crippen LogP contribution >= 0.6 is 0 Å². The number of rotatable bonds is 9. The summed E-state index contributed by atoms with van der Waals surface area (Å²) in [6, 6.07) is 6.95. The molecule has 2 N–H and O–H groups in total. The molecule has 0 aromatic heterocycles. The molecule has 0 heterocycles. The molecule has 0 bridgehead atoms. The Kier molecular flexibility index (Phi) is 7.60. The number of benzene rings is 1. The van der Waals surface area contributed by atoms with E-state index in [9.17, 15) is 9.59 Å². The SMILES string of the molecule is COc1ccc(OCCN(C)C(=O)NCCCC(=O)O)cc1. The van der Waals surface area contributed by atoms with Gasteiger partial charge in [0.1, 0.15) is 18.1 Å². The number of ether oxygens (including phenoxy) is 2. The Morgan fingerprint density at radius 1 is 1.23 bits per heavy atom. The van der Waals surface area contributed by atoms with E-state index in [0.29, 0.717) is 31.9 Å². The molecular formula is C15H22N2O5. The first kappa shape index (κ1) is 17.6. The summed E-state index contributed by atoms with van der Waals surface area (Å²) < 4.78 is 10.6. The smallest absolute Gasteiger partial charge is 0.317 e. The molecule has 1 aromatic carbocycles. The second-order valence-electron chi connectivity index (χ2n) is 4.67. The monoisotopic (exact) mass is 310 g/mol. The number of nitrogens with one attached hydrogen (secondary N) is 1. The number of amides is 2. The number of carboxylic acids is 1. The van der Waals surface area contributed by atoms with Crippen molar-refractivity contribution in [2.24, 2.45) is 0 Å². The molecule has 0 saturated carbocycles. The van der Waals surface area contributed by atoms with Gasteiger partial charge in [-0.15, -0.1) is 0 Å². The predicted molar refractivity (Wildman–Crippen MR) is 81.4 cm³/mol. The number of carbonyl (C=O) groups is 2. The lowest BCUT2D eigenvalue weighted by molar-refractivity contribution is -0.137. The molecule has 0 unspecified atom stereocenters. The standard InChI is InChI=1S/C15H22N2O5/c1-17(15(20)16-9-3-4-14(18)19)10-11-22-13-7-5-12(21-2)6-8-13/h5-8H,3-4,9-11H2,1-2H3,(H,16,20)(H,18,19). The minimum Gasteiger partial charge on any atom is -0.497 e. The van der Waals surface area contributed by atoms with Crippen LogP contribution < -0.4 is 14.8 Å². The number of urea groups is 1. The van der Waals surface area contributed by atoms with E-state index in [4.69, 9.17) is 14.6 Å². The lowest BCUT2D eigenvalue weighted by Gasteiger charge is -2.18. The summed E-state index contributed by atoms with van der Waals surface area (Å²) in [4.78, 5) is 23.5. The van der Waals surface area contributed by atoms with Crippen LogP contribution in [0.15, 0.2) is 24.3 Å². The zero-order chi connectivity index (χ0) is 16.4. The highest BCUT2D eigenvalue weighted by Gasteiger charge is 2.08. The Balaban J connectivity index is 2.19. The fourth-order valence-corrected chi connectivity index (χ4v) is 1.64. The van der Waals surface area contributed by atoms with Gasteiger partial charge in [0.2, 0.25) is 0 Å². The van der Waals surface area contributed by atoms with Crippen molar-refractivity contribution in [3.05, 3.63) is 24.3 Å². The Bertz CT molecular complexity index is 475. The van der Waals surface area contributed by atoms with E-state index in [2.05, 4.69) is 5.32 Å². The molecule has 0 saturated heterocycles. The zero-order valence-electron chi connectivity index (χ0n) is 12.9. The van der Waals surface area contributed by atoms with E-state index in [0.717, 1.165) is 5.75 Å². The van der Waals surface area contributed by atoms with Crippen molar-refractivity contribution in [3.8, 4) is 11.5 Å². The van der Waals surface area contributed by atoms with Gasteiger partial charge in [-0.25, -0.2) is 4.79 Å². The van der Waals surface area contributed by atoms with Crippen LogP contribution in [0.1, 0.15) is 12.8 Å². The first-order chi connectivity index (χ1) is 10.5.